The minimum atomic E-state index is -0.160. The van der Waals surface area contributed by atoms with Gasteiger partial charge in [-0.05, 0) is 38.2 Å². The SMILES string of the molecule is CSCc1nnc(S[C@H]2CCCN(c3ccc(C)cc3)C2=O)o1. The summed E-state index contributed by atoms with van der Waals surface area (Å²) >= 11 is 3.01. The smallest absolute Gasteiger partial charge is 0.277 e. The van der Waals surface area contributed by atoms with E-state index in [-0.39, 0.29) is 11.2 Å². The van der Waals surface area contributed by atoms with Crippen molar-refractivity contribution in [3.63, 3.8) is 0 Å². The summed E-state index contributed by atoms with van der Waals surface area (Å²) in [5.74, 6) is 1.43. The van der Waals surface area contributed by atoms with Crippen LogP contribution in [0.5, 0.6) is 0 Å². The lowest BCUT2D eigenvalue weighted by Crippen LogP contribution is -2.42. The summed E-state index contributed by atoms with van der Waals surface area (Å²) in [6.45, 7) is 2.81. The quantitative estimate of drug-likeness (QED) is 0.823. The van der Waals surface area contributed by atoms with Crippen LogP contribution in [0.25, 0.3) is 0 Å². The van der Waals surface area contributed by atoms with E-state index in [4.69, 9.17) is 4.42 Å². The van der Waals surface area contributed by atoms with Crippen molar-refractivity contribution in [1.29, 1.82) is 0 Å². The highest BCUT2D eigenvalue weighted by Crippen LogP contribution is 2.32. The average molecular weight is 349 g/mol. The van der Waals surface area contributed by atoms with E-state index >= 15 is 0 Å². The maximum atomic E-state index is 12.8. The Labute approximate surface area is 144 Å². The van der Waals surface area contributed by atoms with Gasteiger partial charge in [-0.3, -0.25) is 4.79 Å². The number of aryl methyl sites for hydroxylation is 1. The molecular formula is C16H19N3O2S2. The first-order valence-electron chi connectivity index (χ1n) is 7.53. The minimum absolute atomic E-state index is 0.120. The van der Waals surface area contributed by atoms with Gasteiger partial charge in [0.15, 0.2) is 0 Å². The second kappa shape index (κ2) is 7.40. The van der Waals surface area contributed by atoms with Crippen LogP contribution in [-0.2, 0) is 10.5 Å². The highest BCUT2D eigenvalue weighted by Gasteiger charge is 2.31. The van der Waals surface area contributed by atoms with Crippen LogP contribution in [0, 0.1) is 6.92 Å². The number of hydrogen-bond donors (Lipinski definition) is 0. The average Bonchev–Trinajstić information content (AvgIpc) is 2.98. The molecule has 1 aliphatic rings. The Morgan fingerprint density at radius 1 is 1.30 bits per heavy atom. The molecule has 3 rings (SSSR count). The summed E-state index contributed by atoms with van der Waals surface area (Å²) in [6, 6.07) is 8.07. The van der Waals surface area contributed by atoms with Crippen molar-refractivity contribution >= 4 is 35.1 Å². The lowest BCUT2D eigenvalue weighted by molar-refractivity contribution is -0.119. The molecule has 0 spiro atoms. The number of carbonyl (C=O) groups is 1. The Morgan fingerprint density at radius 2 is 2.09 bits per heavy atom. The third-order valence-electron chi connectivity index (χ3n) is 3.69. The van der Waals surface area contributed by atoms with E-state index in [1.807, 2.05) is 42.3 Å². The van der Waals surface area contributed by atoms with E-state index in [0.717, 1.165) is 25.1 Å². The van der Waals surface area contributed by atoms with Crippen LogP contribution in [0.4, 0.5) is 5.69 Å². The largest absolute Gasteiger partial charge is 0.415 e. The molecule has 0 radical (unpaired) electrons. The fourth-order valence-electron chi connectivity index (χ4n) is 2.52. The first-order valence-corrected chi connectivity index (χ1v) is 9.81. The fraction of sp³-hybridized carbons (Fsp3) is 0.438. The zero-order valence-corrected chi connectivity index (χ0v) is 14.8. The molecule has 1 aromatic carbocycles. The Bertz CT molecular complexity index is 672. The lowest BCUT2D eigenvalue weighted by Gasteiger charge is -2.31. The topological polar surface area (TPSA) is 59.2 Å². The number of piperidine rings is 1. The normalized spacial score (nSPS) is 18.4. The fourth-order valence-corrected chi connectivity index (χ4v) is 3.87. The van der Waals surface area contributed by atoms with Gasteiger partial charge in [-0.1, -0.05) is 29.5 Å². The first kappa shape index (κ1) is 16.4. The van der Waals surface area contributed by atoms with Gasteiger partial charge in [0.25, 0.3) is 5.22 Å². The van der Waals surface area contributed by atoms with Crippen molar-refractivity contribution in [2.24, 2.45) is 0 Å². The molecule has 0 aliphatic carbocycles. The van der Waals surface area contributed by atoms with Crippen molar-refractivity contribution in [3.05, 3.63) is 35.7 Å². The van der Waals surface area contributed by atoms with Crippen LogP contribution in [0.3, 0.4) is 0 Å². The van der Waals surface area contributed by atoms with Gasteiger partial charge in [0.2, 0.25) is 11.8 Å². The van der Waals surface area contributed by atoms with Crippen LogP contribution in [0.15, 0.2) is 33.9 Å². The van der Waals surface area contributed by atoms with Crippen LogP contribution in [0.1, 0.15) is 24.3 Å². The van der Waals surface area contributed by atoms with Crippen LogP contribution in [0.2, 0.25) is 0 Å². The highest BCUT2D eigenvalue weighted by molar-refractivity contribution is 8.00. The number of anilines is 1. The molecular weight excluding hydrogens is 330 g/mol. The van der Waals surface area contributed by atoms with Gasteiger partial charge in [0, 0.05) is 12.2 Å². The Kier molecular flexibility index (Phi) is 5.27. The number of thioether (sulfide) groups is 2. The molecule has 1 aliphatic heterocycles. The van der Waals surface area contributed by atoms with E-state index in [2.05, 4.69) is 10.2 Å². The second-order valence-electron chi connectivity index (χ2n) is 5.47. The predicted octanol–water partition coefficient (Wildman–Crippen LogP) is 3.53. The lowest BCUT2D eigenvalue weighted by atomic mass is 10.1. The zero-order valence-electron chi connectivity index (χ0n) is 13.2. The summed E-state index contributed by atoms with van der Waals surface area (Å²) in [5.41, 5.74) is 2.15. The molecule has 1 fully saturated rings. The molecule has 5 nitrogen and oxygen atoms in total. The van der Waals surface area contributed by atoms with Gasteiger partial charge in [0.1, 0.15) is 0 Å². The number of nitrogens with zero attached hydrogens (tertiary/aromatic N) is 3. The maximum absolute atomic E-state index is 12.8. The standard InChI is InChI=1S/C16H19N3O2S2/c1-11-5-7-12(8-6-11)19-9-3-4-13(15(19)20)23-16-18-17-14(21-16)10-22-2/h5-8,13H,3-4,9-10H2,1-2H3/t13-/m0/s1. The summed E-state index contributed by atoms with van der Waals surface area (Å²) in [7, 11) is 0. The van der Waals surface area contributed by atoms with Gasteiger partial charge in [-0.25, -0.2) is 0 Å². The molecule has 1 amide bonds. The molecule has 122 valence electrons. The molecule has 2 heterocycles. The zero-order chi connectivity index (χ0) is 16.2. The number of aromatic nitrogens is 2. The molecule has 1 aromatic heterocycles. The second-order valence-corrected chi connectivity index (χ2v) is 7.49. The van der Waals surface area contributed by atoms with Crippen LogP contribution in [-0.4, -0.2) is 34.2 Å². The molecule has 0 bridgehead atoms. The van der Waals surface area contributed by atoms with Gasteiger partial charge in [-0.2, -0.15) is 11.8 Å². The van der Waals surface area contributed by atoms with Gasteiger partial charge in [0.05, 0.1) is 11.0 Å². The maximum Gasteiger partial charge on any atom is 0.277 e. The molecule has 2 aromatic rings. The van der Waals surface area contributed by atoms with Crippen molar-refractivity contribution in [1.82, 2.24) is 10.2 Å². The van der Waals surface area contributed by atoms with E-state index in [0.29, 0.717) is 16.9 Å². The number of carbonyl (C=O) groups excluding carboxylic acids is 1. The van der Waals surface area contributed by atoms with Crippen molar-refractivity contribution in [2.75, 3.05) is 17.7 Å². The third-order valence-corrected chi connectivity index (χ3v) is 5.32. The molecule has 1 atom stereocenters. The number of benzene rings is 1. The van der Waals surface area contributed by atoms with E-state index < -0.39 is 0 Å². The number of rotatable bonds is 5. The summed E-state index contributed by atoms with van der Waals surface area (Å²) in [5, 5.41) is 8.36. The molecule has 0 N–H and O–H groups in total. The third kappa shape index (κ3) is 3.90. The highest BCUT2D eigenvalue weighted by atomic mass is 32.2. The van der Waals surface area contributed by atoms with Crippen molar-refractivity contribution in [3.8, 4) is 0 Å². The Hall–Kier alpha value is -1.47. The van der Waals surface area contributed by atoms with Crippen molar-refractivity contribution in [2.45, 2.75) is 36.0 Å². The molecule has 23 heavy (non-hydrogen) atoms. The predicted molar refractivity (Wildman–Crippen MR) is 93.9 cm³/mol. The van der Waals surface area contributed by atoms with Crippen LogP contribution < -0.4 is 4.90 Å². The number of hydrogen-bond acceptors (Lipinski definition) is 6. The first-order chi connectivity index (χ1) is 11.2. The van der Waals surface area contributed by atoms with E-state index in [9.17, 15) is 4.79 Å². The van der Waals surface area contributed by atoms with E-state index in [1.165, 1.54) is 17.3 Å². The van der Waals surface area contributed by atoms with E-state index in [1.54, 1.807) is 11.8 Å². The summed E-state index contributed by atoms with van der Waals surface area (Å²) in [4.78, 5) is 14.6. The molecule has 0 unspecified atom stereocenters. The van der Waals surface area contributed by atoms with Gasteiger partial charge >= 0.3 is 0 Å². The van der Waals surface area contributed by atoms with Gasteiger partial charge in [-0.15, -0.1) is 10.2 Å². The molecule has 1 saturated heterocycles. The molecule has 7 heteroatoms. The monoisotopic (exact) mass is 349 g/mol. The minimum Gasteiger partial charge on any atom is -0.415 e. The summed E-state index contributed by atoms with van der Waals surface area (Å²) in [6.07, 6.45) is 3.80. The summed E-state index contributed by atoms with van der Waals surface area (Å²) < 4.78 is 5.58. The molecule has 0 saturated carbocycles. The Balaban J connectivity index is 1.70. The number of amides is 1. The Morgan fingerprint density at radius 3 is 2.83 bits per heavy atom. The van der Waals surface area contributed by atoms with Crippen LogP contribution >= 0.6 is 23.5 Å². The van der Waals surface area contributed by atoms with Gasteiger partial charge < -0.3 is 9.32 Å². The van der Waals surface area contributed by atoms with Crippen molar-refractivity contribution < 1.29 is 9.21 Å².